The van der Waals surface area contributed by atoms with Crippen molar-refractivity contribution in [3.8, 4) is 5.75 Å². The van der Waals surface area contributed by atoms with E-state index >= 15 is 0 Å². The van der Waals surface area contributed by atoms with Gasteiger partial charge in [0.05, 0.1) is 13.2 Å². The van der Waals surface area contributed by atoms with Crippen molar-refractivity contribution in [2.45, 2.75) is 13.7 Å². The van der Waals surface area contributed by atoms with Crippen LogP contribution < -0.4 is 4.74 Å². The van der Waals surface area contributed by atoms with Gasteiger partial charge in [-0.15, -0.1) is 0 Å². The van der Waals surface area contributed by atoms with E-state index in [0.29, 0.717) is 5.75 Å². The Morgan fingerprint density at radius 2 is 1.32 bits per heavy atom. The maximum absolute atomic E-state index is 9.04. The maximum Gasteiger partial charge on any atom is 0.250 e. The zero-order chi connectivity index (χ0) is 20.9. The molecule has 0 radical (unpaired) electrons. The van der Waals surface area contributed by atoms with Crippen molar-refractivity contribution in [2.75, 3.05) is 13.2 Å². The van der Waals surface area contributed by atoms with Gasteiger partial charge in [-0.3, -0.25) is 0 Å². The van der Waals surface area contributed by atoms with E-state index in [4.69, 9.17) is 84.6 Å². The second-order valence-corrected chi connectivity index (χ2v) is 9.91. The third-order valence-corrected chi connectivity index (χ3v) is 4.19. The predicted molar refractivity (Wildman–Crippen MR) is 112 cm³/mol. The van der Waals surface area contributed by atoms with Crippen LogP contribution in [0.5, 0.6) is 5.75 Å². The lowest BCUT2D eigenvalue weighted by Gasteiger charge is -2.14. The summed E-state index contributed by atoms with van der Waals surface area (Å²) < 4.78 is 1.54. The summed E-state index contributed by atoms with van der Waals surface area (Å²) in [6, 6.07) is 6.82. The molecule has 0 spiro atoms. The van der Waals surface area contributed by atoms with Crippen LogP contribution in [0.2, 0.25) is 0 Å². The van der Waals surface area contributed by atoms with E-state index in [2.05, 4.69) is 15.0 Å². The normalized spacial score (nSPS) is 12.8. The van der Waals surface area contributed by atoms with Gasteiger partial charge in [0.1, 0.15) is 11.9 Å². The molecule has 0 amide bonds. The Morgan fingerprint density at radius 1 is 0.821 bits per heavy atom. The Labute approximate surface area is 191 Å². The number of rotatable bonds is 6. The summed E-state index contributed by atoms with van der Waals surface area (Å²) in [6.45, 7) is -0.594. The second-order valence-electron chi connectivity index (χ2n) is 5.34. The molecule has 12 heteroatoms. The third kappa shape index (κ3) is 7.04. The average Bonchev–Trinajstić information content (AvgIpc) is 2.63. The fourth-order valence-electron chi connectivity index (χ4n) is 1.87. The Morgan fingerprint density at radius 3 is 1.75 bits per heavy atom. The zero-order valence-corrected chi connectivity index (χ0v) is 18.4. The number of alkyl halides is 6. The lowest BCUT2D eigenvalue weighted by molar-refractivity contribution is 0.0629. The molecule has 152 valence electrons. The number of aliphatic hydroxyl groups is 2. The average molecular weight is 508 g/mol. The molecule has 0 unspecified atom stereocenters. The quantitative estimate of drug-likeness (QED) is 0.562. The molecule has 0 atom stereocenters. The summed E-state index contributed by atoms with van der Waals surface area (Å²) in [7, 11) is 0. The summed E-state index contributed by atoms with van der Waals surface area (Å²) in [5.74, 6) is 0.244. The van der Waals surface area contributed by atoms with E-state index in [1.807, 2.05) is 0 Å². The van der Waals surface area contributed by atoms with Gasteiger partial charge in [-0.05, 0) is 23.8 Å². The van der Waals surface area contributed by atoms with Gasteiger partial charge in [-0.25, -0.2) is 15.0 Å². The fraction of sp³-hybridized carbons (Fsp3) is 0.312. The van der Waals surface area contributed by atoms with Crippen LogP contribution in [-0.2, 0) is 7.59 Å². The SMILES string of the molecule is OCC(CO)Oc1ccc(C=Cc2nc(C(Cl)(Cl)Cl)nc(C(Cl)(Cl)Cl)n2)cc1. The smallest absolute Gasteiger partial charge is 0.250 e. The topological polar surface area (TPSA) is 88.4 Å². The van der Waals surface area contributed by atoms with Gasteiger partial charge >= 0.3 is 0 Å². The molecule has 0 aliphatic heterocycles. The minimum Gasteiger partial charge on any atom is -0.486 e. The molecule has 28 heavy (non-hydrogen) atoms. The summed E-state index contributed by atoms with van der Waals surface area (Å²) in [5.41, 5.74) is 0.767. The number of aromatic nitrogens is 3. The molecular weight excluding hydrogens is 495 g/mol. The number of nitrogens with zero attached hydrogens (tertiary/aromatic N) is 3. The van der Waals surface area contributed by atoms with Crippen LogP contribution in [-0.4, -0.2) is 44.5 Å². The molecule has 0 fully saturated rings. The first-order valence-electron chi connectivity index (χ1n) is 7.60. The molecule has 2 N–H and O–H groups in total. The van der Waals surface area contributed by atoms with Crippen LogP contribution in [0.1, 0.15) is 23.0 Å². The summed E-state index contributed by atoms with van der Waals surface area (Å²) in [4.78, 5) is 12.0. The zero-order valence-electron chi connectivity index (χ0n) is 13.9. The fourth-order valence-corrected chi connectivity index (χ4v) is 2.38. The third-order valence-electron chi connectivity index (χ3n) is 3.17. The number of hydrogen-bond acceptors (Lipinski definition) is 6. The molecule has 2 rings (SSSR count). The van der Waals surface area contributed by atoms with Crippen LogP contribution >= 0.6 is 69.6 Å². The Balaban J connectivity index is 2.25. The van der Waals surface area contributed by atoms with Gasteiger partial charge in [0.2, 0.25) is 7.59 Å². The van der Waals surface area contributed by atoms with Crippen molar-refractivity contribution >= 4 is 81.8 Å². The molecule has 0 saturated carbocycles. The summed E-state index contributed by atoms with van der Waals surface area (Å²) in [6.07, 6.45) is 2.52. The van der Waals surface area contributed by atoms with E-state index in [1.165, 1.54) is 6.08 Å². The van der Waals surface area contributed by atoms with Gasteiger partial charge in [-0.1, -0.05) is 87.8 Å². The summed E-state index contributed by atoms with van der Waals surface area (Å²) >= 11 is 35.0. The van der Waals surface area contributed by atoms with E-state index < -0.39 is 13.7 Å². The molecule has 2 aromatic rings. The monoisotopic (exact) mass is 505 g/mol. The summed E-state index contributed by atoms with van der Waals surface area (Å²) in [5, 5.41) is 18.1. The van der Waals surface area contributed by atoms with Gasteiger partial charge in [0.15, 0.2) is 17.5 Å². The number of hydrogen-bond donors (Lipinski definition) is 2. The van der Waals surface area contributed by atoms with Crippen molar-refractivity contribution in [3.05, 3.63) is 47.3 Å². The number of halogens is 6. The highest BCUT2D eigenvalue weighted by atomic mass is 35.6. The lowest BCUT2D eigenvalue weighted by Crippen LogP contribution is -2.25. The first-order chi connectivity index (χ1) is 13.0. The minimum atomic E-state index is -1.93. The minimum absolute atomic E-state index is 0.124. The maximum atomic E-state index is 9.04. The van der Waals surface area contributed by atoms with Crippen molar-refractivity contribution in [1.29, 1.82) is 0 Å². The number of benzene rings is 1. The standard InChI is InChI=1S/C16H13Cl6N3O3/c17-15(18,19)13-23-12(24-14(25-13)16(20,21)22)6-3-9-1-4-10(5-2-9)28-11(7-26)8-27/h1-6,11,26-27H,7-8H2. The second kappa shape index (κ2) is 9.96. The van der Waals surface area contributed by atoms with Crippen molar-refractivity contribution in [2.24, 2.45) is 0 Å². The van der Waals surface area contributed by atoms with E-state index in [0.717, 1.165) is 5.56 Å². The molecule has 1 aromatic heterocycles. The largest absolute Gasteiger partial charge is 0.486 e. The van der Waals surface area contributed by atoms with Crippen LogP contribution in [0.4, 0.5) is 0 Å². The van der Waals surface area contributed by atoms with Gasteiger partial charge in [-0.2, -0.15) is 0 Å². The Kier molecular flexibility index (Phi) is 8.43. The van der Waals surface area contributed by atoms with Crippen molar-refractivity contribution in [3.63, 3.8) is 0 Å². The van der Waals surface area contributed by atoms with Crippen molar-refractivity contribution in [1.82, 2.24) is 15.0 Å². The Hall–Kier alpha value is -0.570. The lowest BCUT2D eigenvalue weighted by atomic mass is 10.2. The van der Waals surface area contributed by atoms with Crippen LogP contribution in [0.3, 0.4) is 0 Å². The van der Waals surface area contributed by atoms with E-state index in [-0.39, 0.29) is 30.7 Å². The van der Waals surface area contributed by atoms with Gasteiger partial charge < -0.3 is 14.9 Å². The molecule has 1 heterocycles. The highest BCUT2D eigenvalue weighted by molar-refractivity contribution is 6.67. The molecule has 0 aliphatic carbocycles. The first kappa shape index (κ1) is 23.7. The number of aliphatic hydroxyl groups excluding tert-OH is 2. The first-order valence-corrected chi connectivity index (χ1v) is 9.86. The molecule has 0 bridgehead atoms. The van der Waals surface area contributed by atoms with Crippen LogP contribution in [0.15, 0.2) is 24.3 Å². The molecule has 0 aliphatic rings. The highest BCUT2D eigenvalue weighted by Crippen LogP contribution is 2.40. The van der Waals surface area contributed by atoms with E-state index in [1.54, 1.807) is 30.3 Å². The van der Waals surface area contributed by atoms with Gasteiger partial charge in [0, 0.05) is 0 Å². The van der Waals surface area contributed by atoms with Gasteiger partial charge in [0.25, 0.3) is 0 Å². The molecular formula is C16H13Cl6N3O3. The highest BCUT2D eigenvalue weighted by Gasteiger charge is 2.33. The van der Waals surface area contributed by atoms with Crippen molar-refractivity contribution < 1.29 is 14.9 Å². The van der Waals surface area contributed by atoms with Crippen LogP contribution in [0.25, 0.3) is 12.2 Å². The molecule has 1 aromatic carbocycles. The van der Waals surface area contributed by atoms with Crippen LogP contribution in [0, 0.1) is 0 Å². The Bertz CT molecular complexity index is 786. The van der Waals surface area contributed by atoms with E-state index in [9.17, 15) is 0 Å². The molecule has 0 saturated heterocycles. The number of ether oxygens (including phenoxy) is 1. The molecule has 6 nitrogen and oxygen atoms in total. The predicted octanol–water partition coefficient (Wildman–Crippen LogP) is 4.43.